The summed E-state index contributed by atoms with van der Waals surface area (Å²) in [6.07, 6.45) is 1.72. The van der Waals surface area contributed by atoms with E-state index in [-0.39, 0.29) is 18.1 Å². The Morgan fingerprint density at radius 3 is 2.76 bits per heavy atom. The Kier molecular flexibility index (Phi) is 7.02. The molecule has 0 heterocycles. The monoisotopic (exact) mass is 294 g/mol. The molecule has 2 amide bonds. The fraction of sp³-hybridized carbons (Fsp3) is 0.562. The van der Waals surface area contributed by atoms with Crippen LogP contribution in [0, 0.1) is 5.41 Å². The molecule has 0 aliphatic heterocycles. The van der Waals surface area contributed by atoms with Gasteiger partial charge in [-0.2, -0.15) is 0 Å². The van der Waals surface area contributed by atoms with Crippen LogP contribution in [0.5, 0.6) is 5.75 Å². The molecule has 0 aliphatic carbocycles. The molecule has 0 atom stereocenters. The minimum Gasteiger partial charge on any atom is -0.497 e. The van der Waals surface area contributed by atoms with Crippen molar-refractivity contribution in [2.75, 3.05) is 20.3 Å². The Morgan fingerprint density at radius 1 is 1.33 bits per heavy atom. The van der Waals surface area contributed by atoms with Crippen LogP contribution >= 0.6 is 0 Å². The lowest BCUT2D eigenvalue weighted by molar-refractivity contribution is 0.148. The number of amides is 2. The van der Waals surface area contributed by atoms with Gasteiger partial charge in [0.05, 0.1) is 7.11 Å². The molecule has 3 N–H and O–H groups in total. The van der Waals surface area contributed by atoms with Crippen molar-refractivity contribution in [1.82, 2.24) is 10.6 Å². The van der Waals surface area contributed by atoms with Gasteiger partial charge < -0.3 is 20.5 Å². The van der Waals surface area contributed by atoms with Gasteiger partial charge in [0.15, 0.2) is 0 Å². The lowest BCUT2D eigenvalue weighted by Gasteiger charge is -2.21. The van der Waals surface area contributed by atoms with Crippen LogP contribution in [0.1, 0.15) is 32.3 Å². The van der Waals surface area contributed by atoms with E-state index in [1.165, 1.54) is 0 Å². The average Bonchev–Trinajstić information content (AvgIpc) is 2.50. The molecule has 1 aromatic rings. The van der Waals surface area contributed by atoms with Gasteiger partial charge in [-0.25, -0.2) is 4.79 Å². The van der Waals surface area contributed by atoms with Crippen LogP contribution in [-0.2, 0) is 6.54 Å². The van der Waals surface area contributed by atoms with E-state index >= 15 is 0 Å². The maximum atomic E-state index is 11.7. The van der Waals surface area contributed by atoms with Gasteiger partial charge in [-0.15, -0.1) is 0 Å². The molecular weight excluding hydrogens is 268 g/mol. The van der Waals surface area contributed by atoms with E-state index in [0.717, 1.165) is 24.2 Å². The minimum absolute atomic E-state index is 0.0846. The first-order valence-electron chi connectivity index (χ1n) is 7.22. The second kappa shape index (κ2) is 8.52. The smallest absolute Gasteiger partial charge is 0.315 e. The number of hydrogen-bond donors (Lipinski definition) is 3. The number of carbonyl (C=O) groups is 1. The Hall–Kier alpha value is -1.75. The number of rotatable bonds is 8. The van der Waals surface area contributed by atoms with E-state index in [2.05, 4.69) is 10.6 Å². The summed E-state index contributed by atoms with van der Waals surface area (Å²) in [5.74, 6) is 0.779. The van der Waals surface area contributed by atoms with E-state index in [9.17, 15) is 4.79 Å². The summed E-state index contributed by atoms with van der Waals surface area (Å²) >= 11 is 0. The van der Waals surface area contributed by atoms with Gasteiger partial charge in [-0.3, -0.25) is 0 Å². The number of hydrogen-bond acceptors (Lipinski definition) is 3. The highest BCUT2D eigenvalue weighted by molar-refractivity contribution is 5.73. The van der Waals surface area contributed by atoms with Crippen LogP contribution in [0.4, 0.5) is 4.79 Å². The predicted molar refractivity (Wildman–Crippen MR) is 83.3 cm³/mol. The third-order valence-corrected chi connectivity index (χ3v) is 3.33. The van der Waals surface area contributed by atoms with Crippen LogP contribution in [0.2, 0.25) is 0 Å². The number of aliphatic hydroxyl groups excluding tert-OH is 1. The molecule has 0 fully saturated rings. The van der Waals surface area contributed by atoms with Gasteiger partial charge in [0.25, 0.3) is 0 Å². The standard InChI is InChI=1S/C16H26N2O3/c1-16(2,12-19)8-5-9-17-15(20)18-11-13-6-4-7-14(10-13)21-3/h4,6-7,10,19H,5,8-9,11-12H2,1-3H3,(H2,17,18,20). The summed E-state index contributed by atoms with van der Waals surface area (Å²) in [6.45, 7) is 5.25. The Labute approximate surface area is 126 Å². The molecule has 21 heavy (non-hydrogen) atoms. The molecule has 1 aromatic carbocycles. The minimum atomic E-state index is -0.181. The van der Waals surface area contributed by atoms with Crippen molar-refractivity contribution < 1.29 is 14.6 Å². The van der Waals surface area contributed by atoms with Crippen molar-refractivity contribution in [3.05, 3.63) is 29.8 Å². The van der Waals surface area contributed by atoms with Crippen molar-refractivity contribution in [3.63, 3.8) is 0 Å². The molecule has 118 valence electrons. The van der Waals surface area contributed by atoms with Crippen molar-refractivity contribution >= 4 is 6.03 Å². The number of benzene rings is 1. The fourth-order valence-electron chi connectivity index (χ4n) is 1.88. The molecule has 0 saturated carbocycles. The number of urea groups is 1. The molecule has 0 bridgehead atoms. The molecule has 0 saturated heterocycles. The van der Waals surface area contributed by atoms with Crippen LogP contribution < -0.4 is 15.4 Å². The molecule has 1 rings (SSSR count). The highest BCUT2D eigenvalue weighted by Gasteiger charge is 2.15. The van der Waals surface area contributed by atoms with E-state index in [4.69, 9.17) is 9.84 Å². The molecule has 5 nitrogen and oxygen atoms in total. The highest BCUT2D eigenvalue weighted by Crippen LogP contribution is 2.20. The molecule has 0 radical (unpaired) electrons. The summed E-state index contributed by atoms with van der Waals surface area (Å²) in [7, 11) is 1.62. The van der Waals surface area contributed by atoms with E-state index in [0.29, 0.717) is 13.1 Å². The number of methoxy groups -OCH3 is 1. The number of aliphatic hydroxyl groups is 1. The van der Waals surface area contributed by atoms with E-state index < -0.39 is 0 Å². The largest absolute Gasteiger partial charge is 0.497 e. The normalized spacial score (nSPS) is 11.0. The average molecular weight is 294 g/mol. The first-order chi connectivity index (χ1) is 9.96. The summed E-state index contributed by atoms with van der Waals surface area (Å²) < 4.78 is 5.13. The maximum absolute atomic E-state index is 11.7. The molecule has 5 heteroatoms. The van der Waals surface area contributed by atoms with Gasteiger partial charge in [-0.05, 0) is 36.0 Å². The third kappa shape index (κ3) is 6.99. The summed E-state index contributed by atoms with van der Waals surface area (Å²) in [4.78, 5) is 11.7. The Bertz CT molecular complexity index is 447. The summed E-state index contributed by atoms with van der Waals surface area (Å²) in [5.41, 5.74) is 0.907. The van der Waals surface area contributed by atoms with Crippen molar-refractivity contribution in [2.24, 2.45) is 5.41 Å². The highest BCUT2D eigenvalue weighted by atomic mass is 16.5. The van der Waals surface area contributed by atoms with Gasteiger partial charge >= 0.3 is 6.03 Å². The fourth-order valence-corrected chi connectivity index (χ4v) is 1.88. The zero-order valence-corrected chi connectivity index (χ0v) is 13.1. The van der Waals surface area contributed by atoms with Gasteiger partial charge in [0, 0.05) is 19.7 Å². The second-order valence-corrected chi connectivity index (χ2v) is 5.89. The Balaban J connectivity index is 2.22. The van der Waals surface area contributed by atoms with Gasteiger partial charge in [0.2, 0.25) is 0 Å². The van der Waals surface area contributed by atoms with Crippen molar-refractivity contribution in [1.29, 1.82) is 0 Å². The molecule has 0 aliphatic rings. The number of nitrogens with one attached hydrogen (secondary N) is 2. The third-order valence-electron chi connectivity index (χ3n) is 3.33. The lowest BCUT2D eigenvalue weighted by Crippen LogP contribution is -2.36. The summed E-state index contributed by atoms with van der Waals surface area (Å²) in [6, 6.07) is 7.41. The van der Waals surface area contributed by atoms with Gasteiger partial charge in [0.1, 0.15) is 5.75 Å². The van der Waals surface area contributed by atoms with Crippen LogP contribution in [0.3, 0.4) is 0 Å². The number of ether oxygens (including phenoxy) is 1. The number of carbonyl (C=O) groups excluding carboxylic acids is 1. The van der Waals surface area contributed by atoms with Crippen LogP contribution in [0.15, 0.2) is 24.3 Å². The SMILES string of the molecule is COc1cccc(CNC(=O)NCCCC(C)(C)CO)c1. The second-order valence-electron chi connectivity index (χ2n) is 5.89. The zero-order chi connectivity index (χ0) is 15.7. The summed E-state index contributed by atoms with van der Waals surface area (Å²) in [5, 5.41) is 14.8. The first kappa shape index (κ1) is 17.3. The Morgan fingerprint density at radius 2 is 2.10 bits per heavy atom. The van der Waals surface area contributed by atoms with E-state index in [1.54, 1.807) is 7.11 Å². The van der Waals surface area contributed by atoms with Crippen LogP contribution in [-0.4, -0.2) is 31.4 Å². The van der Waals surface area contributed by atoms with Crippen molar-refractivity contribution in [2.45, 2.75) is 33.2 Å². The molecular formula is C16H26N2O3. The maximum Gasteiger partial charge on any atom is 0.315 e. The zero-order valence-electron chi connectivity index (χ0n) is 13.1. The lowest BCUT2D eigenvalue weighted by atomic mass is 9.89. The molecule has 0 spiro atoms. The quantitative estimate of drug-likeness (QED) is 0.644. The predicted octanol–water partition coefficient (Wildman–Crippen LogP) is 2.29. The van der Waals surface area contributed by atoms with Crippen LogP contribution in [0.25, 0.3) is 0 Å². The molecule has 0 unspecified atom stereocenters. The topological polar surface area (TPSA) is 70.6 Å². The van der Waals surface area contributed by atoms with E-state index in [1.807, 2.05) is 38.1 Å². The van der Waals surface area contributed by atoms with Crippen molar-refractivity contribution in [3.8, 4) is 5.75 Å². The van der Waals surface area contributed by atoms with Gasteiger partial charge in [-0.1, -0.05) is 26.0 Å². The first-order valence-corrected chi connectivity index (χ1v) is 7.22. The molecule has 0 aromatic heterocycles.